The number of rotatable bonds is 1. The fourth-order valence-electron chi connectivity index (χ4n) is 2.65. The summed E-state index contributed by atoms with van der Waals surface area (Å²) >= 11 is 0. The molecule has 0 bridgehead atoms. The molecule has 20 heavy (non-hydrogen) atoms. The number of nitrogen functional groups attached to an aromatic ring is 1. The minimum atomic E-state index is -0.325. The number of halogens is 1. The van der Waals surface area contributed by atoms with Gasteiger partial charge in [-0.15, -0.1) is 0 Å². The Morgan fingerprint density at radius 3 is 2.80 bits per heavy atom. The van der Waals surface area contributed by atoms with Gasteiger partial charge in [-0.05, 0) is 60.9 Å². The molecule has 0 atom stereocenters. The molecule has 102 valence electrons. The van der Waals surface area contributed by atoms with E-state index in [-0.39, 0.29) is 11.7 Å². The van der Waals surface area contributed by atoms with Crippen molar-refractivity contribution in [2.75, 3.05) is 17.2 Å². The van der Waals surface area contributed by atoms with Gasteiger partial charge in [0, 0.05) is 23.5 Å². The van der Waals surface area contributed by atoms with E-state index in [0.29, 0.717) is 23.4 Å². The fourth-order valence-corrected chi connectivity index (χ4v) is 2.65. The van der Waals surface area contributed by atoms with Gasteiger partial charge < -0.3 is 10.6 Å². The van der Waals surface area contributed by atoms with Gasteiger partial charge in [0.2, 0.25) is 0 Å². The van der Waals surface area contributed by atoms with E-state index in [1.807, 2.05) is 12.1 Å². The average molecular weight is 270 g/mol. The van der Waals surface area contributed by atoms with Crippen molar-refractivity contribution < 1.29 is 9.18 Å². The van der Waals surface area contributed by atoms with Crippen LogP contribution in [0.1, 0.15) is 21.5 Å². The molecule has 0 saturated carbocycles. The zero-order valence-corrected chi connectivity index (χ0v) is 11.2. The van der Waals surface area contributed by atoms with Crippen LogP contribution in [0.25, 0.3) is 0 Å². The van der Waals surface area contributed by atoms with Crippen LogP contribution in [0.5, 0.6) is 0 Å². The van der Waals surface area contributed by atoms with E-state index in [4.69, 9.17) is 5.73 Å². The number of aryl methyl sites for hydroxylation is 1. The van der Waals surface area contributed by atoms with Gasteiger partial charge in [-0.2, -0.15) is 0 Å². The highest BCUT2D eigenvalue weighted by molar-refractivity contribution is 6.08. The zero-order valence-electron chi connectivity index (χ0n) is 11.2. The highest BCUT2D eigenvalue weighted by atomic mass is 19.1. The molecule has 0 aliphatic carbocycles. The maximum Gasteiger partial charge on any atom is 0.258 e. The van der Waals surface area contributed by atoms with Crippen molar-refractivity contribution >= 4 is 17.3 Å². The van der Waals surface area contributed by atoms with Crippen LogP contribution in [-0.2, 0) is 6.42 Å². The first-order valence-corrected chi connectivity index (χ1v) is 6.52. The topological polar surface area (TPSA) is 46.3 Å². The van der Waals surface area contributed by atoms with E-state index < -0.39 is 0 Å². The molecule has 3 rings (SSSR count). The molecule has 3 nitrogen and oxygen atoms in total. The minimum absolute atomic E-state index is 0.0916. The second-order valence-electron chi connectivity index (χ2n) is 5.05. The Balaban J connectivity index is 1.97. The first-order chi connectivity index (χ1) is 9.56. The summed E-state index contributed by atoms with van der Waals surface area (Å²) in [6.45, 7) is 2.38. The molecule has 4 heteroatoms. The Bertz CT molecular complexity index is 697. The van der Waals surface area contributed by atoms with Crippen LogP contribution in [0.4, 0.5) is 15.8 Å². The lowest BCUT2D eigenvalue weighted by atomic mass is 10.1. The van der Waals surface area contributed by atoms with Crippen LogP contribution in [-0.4, -0.2) is 12.5 Å². The first-order valence-electron chi connectivity index (χ1n) is 6.52. The molecule has 1 aliphatic heterocycles. The number of benzene rings is 2. The van der Waals surface area contributed by atoms with Gasteiger partial charge in [-0.25, -0.2) is 4.39 Å². The third-order valence-electron chi connectivity index (χ3n) is 3.66. The molecule has 2 aromatic carbocycles. The summed E-state index contributed by atoms with van der Waals surface area (Å²) in [4.78, 5) is 14.3. The van der Waals surface area contributed by atoms with Crippen molar-refractivity contribution in [2.24, 2.45) is 0 Å². The molecule has 0 unspecified atom stereocenters. The Labute approximate surface area is 116 Å². The zero-order chi connectivity index (χ0) is 14.3. The molecular weight excluding hydrogens is 255 g/mol. The summed E-state index contributed by atoms with van der Waals surface area (Å²) in [5.41, 5.74) is 9.63. The highest BCUT2D eigenvalue weighted by Crippen LogP contribution is 2.31. The monoisotopic (exact) mass is 270 g/mol. The van der Waals surface area contributed by atoms with E-state index in [0.717, 1.165) is 17.7 Å². The summed E-state index contributed by atoms with van der Waals surface area (Å²) in [6, 6.07) is 9.81. The maximum absolute atomic E-state index is 13.1. The quantitative estimate of drug-likeness (QED) is 0.810. The second kappa shape index (κ2) is 4.63. The van der Waals surface area contributed by atoms with Crippen molar-refractivity contribution in [3.8, 4) is 0 Å². The molecule has 0 saturated heterocycles. The number of amides is 1. The normalized spacial score (nSPS) is 13.4. The van der Waals surface area contributed by atoms with Crippen molar-refractivity contribution in [1.82, 2.24) is 0 Å². The van der Waals surface area contributed by atoms with E-state index in [1.165, 1.54) is 12.1 Å². The van der Waals surface area contributed by atoms with Crippen LogP contribution in [0.15, 0.2) is 36.4 Å². The van der Waals surface area contributed by atoms with Crippen LogP contribution < -0.4 is 10.6 Å². The van der Waals surface area contributed by atoms with Gasteiger partial charge in [-0.1, -0.05) is 0 Å². The van der Waals surface area contributed by atoms with Crippen LogP contribution in [0, 0.1) is 12.7 Å². The van der Waals surface area contributed by atoms with Crippen LogP contribution in [0.3, 0.4) is 0 Å². The number of anilines is 2. The molecular formula is C16H15FN2O. The summed E-state index contributed by atoms with van der Waals surface area (Å²) in [7, 11) is 0. The fraction of sp³-hybridized carbons (Fsp3) is 0.188. The number of hydrogen-bond acceptors (Lipinski definition) is 2. The molecule has 0 fully saturated rings. The van der Waals surface area contributed by atoms with Gasteiger partial charge in [0.1, 0.15) is 5.82 Å². The molecule has 0 aromatic heterocycles. The Hall–Kier alpha value is -2.36. The van der Waals surface area contributed by atoms with Crippen LogP contribution in [0.2, 0.25) is 0 Å². The molecule has 1 heterocycles. The molecule has 0 radical (unpaired) electrons. The summed E-state index contributed by atoms with van der Waals surface area (Å²) in [5, 5.41) is 0. The molecule has 2 N–H and O–H groups in total. The highest BCUT2D eigenvalue weighted by Gasteiger charge is 2.26. The van der Waals surface area contributed by atoms with Crippen LogP contribution >= 0.6 is 0 Å². The number of carbonyl (C=O) groups excluding carboxylic acids is 1. The smallest absolute Gasteiger partial charge is 0.258 e. The van der Waals surface area contributed by atoms with Gasteiger partial charge in [-0.3, -0.25) is 4.79 Å². The summed E-state index contributed by atoms with van der Waals surface area (Å²) in [6.07, 6.45) is 0.798. The molecule has 2 aromatic rings. The number of carbonyl (C=O) groups is 1. The third kappa shape index (κ3) is 2.03. The summed E-state index contributed by atoms with van der Waals surface area (Å²) in [5.74, 6) is -0.417. The van der Waals surface area contributed by atoms with Crippen molar-refractivity contribution in [1.29, 1.82) is 0 Å². The second-order valence-corrected chi connectivity index (χ2v) is 5.05. The van der Waals surface area contributed by atoms with E-state index >= 15 is 0 Å². The number of fused-ring (bicyclic) bond motifs is 1. The Morgan fingerprint density at radius 2 is 2.05 bits per heavy atom. The van der Waals surface area contributed by atoms with Gasteiger partial charge >= 0.3 is 0 Å². The van der Waals surface area contributed by atoms with Crippen molar-refractivity contribution in [3.63, 3.8) is 0 Å². The van der Waals surface area contributed by atoms with E-state index in [2.05, 4.69) is 0 Å². The Morgan fingerprint density at radius 1 is 1.25 bits per heavy atom. The lowest BCUT2D eigenvalue weighted by Crippen LogP contribution is -2.29. The van der Waals surface area contributed by atoms with Gasteiger partial charge in [0.05, 0.1) is 0 Å². The van der Waals surface area contributed by atoms with Gasteiger partial charge in [0.25, 0.3) is 5.91 Å². The largest absolute Gasteiger partial charge is 0.399 e. The Kier molecular flexibility index (Phi) is 2.93. The number of hydrogen-bond donors (Lipinski definition) is 1. The van der Waals surface area contributed by atoms with Gasteiger partial charge in [0.15, 0.2) is 0 Å². The molecule has 1 amide bonds. The predicted molar refractivity (Wildman–Crippen MR) is 77.4 cm³/mol. The first kappa shape index (κ1) is 12.7. The standard InChI is InChI=1S/C16H15FN2O/c1-10-8-12(17)2-4-14(10)16(20)19-7-6-11-9-13(18)3-5-15(11)19/h2-5,8-9H,6-7,18H2,1H3. The maximum atomic E-state index is 13.1. The minimum Gasteiger partial charge on any atom is -0.399 e. The lowest BCUT2D eigenvalue weighted by Gasteiger charge is -2.18. The van der Waals surface area contributed by atoms with Crippen molar-refractivity contribution in [3.05, 3.63) is 58.9 Å². The average Bonchev–Trinajstić information content (AvgIpc) is 2.80. The van der Waals surface area contributed by atoms with E-state index in [1.54, 1.807) is 24.0 Å². The SMILES string of the molecule is Cc1cc(F)ccc1C(=O)N1CCc2cc(N)ccc21. The number of nitrogens with zero attached hydrogens (tertiary/aromatic N) is 1. The van der Waals surface area contributed by atoms with Crippen molar-refractivity contribution in [2.45, 2.75) is 13.3 Å². The lowest BCUT2D eigenvalue weighted by molar-refractivity contribution is 0.0989. The third-order valence-corrected chi connectivity index (χ3v) is 3.66. The van der Waals surface area contributed by atoms with E-state index in [9.17, 15) is 9.18 Å². The summed E-state index contributed by atoms with van der Waals surface area (Å²) < 4.78 is 13.1. The molecule has 1 aliphatic rings. The molecule has 0 spiro atoms. The predicted octanol–water partition coefficient (Wildman–Crippen LogP) is 2.92. The number of nitrogens with two attached hydrogens (primary N) is 1.